The number of pyridine rings is 1. The van der Waals surface area contributed by atoms with Gasteiger partial charge in [-0.1, -0.05) is 11.8 Å². The minimum Gasteiger partial charge on any atom is -0.381 e. The molecule has 3 N–H and O–H groups in total. The molecule has 30 heavy (non-hydrogen) atoms. The Kier molecular flexibility index (Phi) is 7.15. The van der Waals surface area contributed by atoms with Gasteiger partial charge < -0.3 is 25.4 Å². The standard InChI is InChI=1S/C21H25N7O2/c1-21(2,29-3)5-4-15-10-26-19(28-20-14-24-16(9-22)11-27-20)8-18(15)25-13-17-12-23-6-7-30-17/h8,10-11,14,17,23H,6-7,12-13H2,1-3H3,(H2,25,26,27,28)/t17-/m0/s1. The molecular formula is C21H25N7O2. The van der Waals surface area contributed by atoms with Crippen LogP contribution in [0.5, 0.6) is 0 Å². The molecule has 9 nitrogen and oxygen atoms in total. The zero-order valence-corrected chi connectivity index (χ0v) is 17.3. The van der Waals surface area contributed by atoms with Gasteiger partial charge in [-0.15, -0.1) is 0 Å². The topological polar surface area (TPSA) is 117 Å². The number of ether oxygens (including phenoxy) is 2. The van der Waals surface area contributed by atoms with Crippen molar-refractivity contribution >= 4 is 17.3 Å². The van der Waals surface area contributed by atoms with Crippen LogP contribution in [0.2, 0.25) is 0 Å². The smallest absolute Gasteiger partial charge is 0.158 e. The summed E-state index contributed by atoms with van der Waals surface area (Å²) in [6.45, 7) is 6.80. The molecule has 3 rings (SSSR count). The predicted molar refractivity (Wildman–Crippen MR) is 113 cm³/mol. The molecule has 1 fully saturated rings. The lowest BCUT2D eigenvalue weighted by molar-refractivity contribution is 0.0372. The van der Waals surface area contributed by atoms with E-state index in [1.807, 2.05) is 26.0 Å². The maximum atomic E-state index is 8.85. The summed E-state index contributed by atoms with van der Waals surface area (Å²) < 4.78 is 11.1. The number of nitriles is 1. The number of nitrogens with zero attached hydrogens (tertiary/aromatic N) is 4. The number of rotatable bonds is 6. The number of anilines is 3. The Morgan fingerprint density at radius 2 is 2.10 bits per heavy atom. The number of hydrogen-bond acceptors (Lipinski definition) is 9. The third-order valence-corrected chi connectivity index (χ3v) is 4.46. The molecule has 156 valence electrons. The lowest BCUT2D eigenvalue weighted by Gasteiger charge is -2.24. The van der Waals surface area contributed by atoms with Crippen molar-refractivity contribution in [3.05, 3.63) is 35.9 Å². The number of nitrogens with one attached hydrogen (secondary N) is 3. The monoisotopic (exact) mass is 407 g/mol. The Bertz CT molecular complexity index is 952. The summed E-state index contributed by atoms with van der Waals surface area (Å²) in [5.74, 6) is 7.34. The van der Waals surface area contributed by atoms with Gasteiger partial charge in [-0.2, -0.15) is 5.26 Å². The van der Waals surface area contributed by atoms with Gasteiger partial charge in [0.05, 0.1) is 36.4 Å². The number of aromatic nitrogens is 3. The SMILES string of the molecule is COC(C)(C)C#Cc1cnc(Nc2cnc(C#N)cn2)cc1NC[C@@H]1CNCCO1. The van der Waals surface area contributed by atoms with E-state index >= 15 is 0 Å². The molecule has 2 aromatic heterocycles. The van der Waals surface area contributed by atoms with Crippen molar-refractivity contribution < 1.29 is 9.47 Å². The van der Waals surface area contributed by atoms with E-state index in [0.29, 0.717) is 24.8 Å². The van der Waals surface area contributed by atoms with E-state index < -0.39 is 5.60 Å². The highest BCUT2D eigenvalue weighted by molar-refractivity contribution is 5.65. The third-order valence-electron chi connectivity index (χ3n) is 4.46. The van der Waals surface area contributed by atoms with Crippen LogP contribution in [0.25, 0.3) is 0 Å². The van der Waals surface area contributed by atoms with Gasteiger partial charge >= 0.3 is 0 Å². The second kappa shape index (κ2) is 9.99. The van der Waals surface area contributed by atoms with Crippen LogP contribution in [0.1, 0.15) is 25.1 Å². The molecule has 1 saturated heterocycles. The molecule has 0 spiro atoms. The van der Waals surface area contributed by atoms with Gasteiger partial charge in [0.2, 0.25) is 0 Å². The Morgan fingerprint density at radius 3 is 2.77 bits per heavy atom. The Morgan fingerprint density at radius 1 is 1.27 bits per heavy atom. The van der Waals surface area contributed by atoms with Gasteiger partial charge in [-0.05, 0) is 13.8 Å². The van der Waals surface area contributed by atoms with Gasteiger partial charge in [0.25, 0.3) is 0 Å². The molecule has 0 aliphatic carbocycles. The zero-order valence-electron chi connectivity index (χ0n) is 17.3. The molecule has 0 unspecified atom stereocenters. The molecule has 0 radical (unpaired) electrons. The van der Waals surface area contributed by atoms with Crippen molar-refractivity contribution in [3.8, 4) is 17.9 Å². The first-order valence-electron chi connectivity index (χ1n) is 9.63. The molecule has 2 aromatic rings. The van der Waals surface area contributed by atoms with E-state index in [4.69, 9.17) is 14.7 Å². The molecule has 1 aliphatic rings. The van der Waals surface area contributed by atoms with Crippen LogP contribution in [-0.4, -0.2) is 60.0 Å². The van der Waals surface area contributed by atoms with Crippen molar-refractivity contribution in [2.45, 2.75) is 25.6 Å². The van der Waals surface area contributed by atoms with Gasteiger partial charge in [-0.25, -0.2) is 15.0 Å². The van der Waals surface area contributed by atoms with Crippen LogP contribution in [-0.2, 0) is 9.47 Å². The van der Waals surface area contributed by atoms with Gasteiger partial charge in [0, 0.05) is 39.0 Å². The lowest BCUT2D eigenvalue weighted by Crippen LogP contribution is -2.42. The first-order valence-corrected chi connectivity index (χ1v) is 9.63. The van der Waals surface area contributed by atoms with Crippen LogP contribution >= 0.6 is 0 Å². The largest absolute Gasteiger partial charge is 0.381 e. The zero-order chi connectivity index (χ0) is 21.4. The average molecular weight is 407 g/mol. The highest BCUT2D eigenvalue weighted by Crippen LogP contribution is 2.21. The molecule has 3 heterocycles. The summed E-state index contributed by atoms with van der Waals surface area (Å²) >= 11 is 0. The summed E-state index contributed by atoms with van der Waals surface area (Å²) in [6.07, 6.45) is 4.66. The van der Waals surface area contributed by atoms with Gasteiger partial charge in [0.15, 0.2) is 5.69 Å². The van der Waals surface area contributed by atoms with E-state index in [1.54, 1.807) is 13.3 Å². The number of morpholine rings is 1. The third kappa shape index (κ3) is 6.13. The van der Waals surface area contributed by atoms with Crippen molar-refractivity contribution in [3.63, 3.8) is 0 Å². The summed E-state index contributed by atoms with van der Waals surface area (Å²) in [5.41, 5.74) is 1.26. The lowest BCUT2D eigenvalue weighted by atomic mass is 10.1. The predicted octanol–water partition coefficient (Wildman–Crippen LogP) is 1.66. The van der Waals surface area contributed by atoms with Crippen LogP contribution in [0.15, 0.2) is 24.7 Å². The number of hydrogen-bond donors (Lipinski definition) is 3. The first-order chi connectivity index (χ1) is 14.5. The second-order valence-corrected chi connectivity index (χ2v) is 7.18. The fourth-order valence-electron chi connectivity index (χ4n) is 2.59. The van der Waals surface area contributed by atoms with E-state index in [-0.39, 0.29) is 11.8 Å². The quantitative estimate of drug-likeness (QED) is 0.615. The minimum absolute atomic E-state index is 0.0731. The Hall–Kier alpha value is -3.24. The number of methoxy groups -OCH3 is 1. The van der Waals surface area contributed by atoms with Crippen molar-refractivity contribution in [2.75, 3.05) is 44.0 Å². The van der Waals surface area contributed by atoms with Crippen LogP contribution in [0.4, 0.5) is 17.3 Å². The first kappa shape index (κ1) is 21.5. The Labute approximate surface area is 176 Å². The highest BCUT2D eigenvalue weighted by Gasteiger charge is 2.15. The molecule has 0 amide bonds. The molecule has 9 heteroatoms. The van der Waals surface area contributed by atoms with E-state index in [9.17, 15) is 0 Å². The van der Waals surface area contributed by atoms with Crippen molar-refractivity contribution in [2.24, 2.45) is 0 Å². The second-order valence-electron chi connectivity index (χ2n) is 7.18. The van der Waals surface area contributed by atoms with Crippen LogP contribution in [0, 0.1) is 23.2 Å². The minimum atomic E-state index is -0.567. The van der Waals surface area contributed by atoms with Crippen LogP contribution < -0.4 is 16.0 Å². The maximum absolute atomic E-state index is 8.85. The summed E-state index contributed by atoms with van der Waals surface area (Å²) in [5, 5.41) is 18.7. The molecule has 0 bridgehead atoms. The maximum Gasteiger partial charge on any atom is 0.158 e. The van der Waals surface area contributed by atoms with E-state index in [2.05, 4.69) is 42.7 Å². The van der Waals surface area contributed by atoms with Crippen LogP contribution in [0.3, 0.4) is 0 Å². The summed E-state index contributed by atoms with van der Waals surface area (Å²) in [7, 11) is 1.63. The fourth-order valence-corrected chi connectivity index (χ4v) is 2.59. The van der Waals surface area contributed by atoms with Gasteiger partial charge in [-0.3, -0.25) is 0 Å². The Balaban J connectivity index is 1.81. The molecule has 1 aliphatic heterocycles. The molecule has 1 atom stereocenters. The normalized spacial score (nSPS) is 16.1. The molecule has 0 saturated carbocycles. The molecular weight excluding hydrogens is 382 g/mol. The van der Waals surface area contributed by atoms with Crippen molar-refractivity contribution in [1.29, 1.82) is 5.26 Å². The van der Waals surface area contributed by atoms with E-state index in [1.165, 1.54) is 12.4 Å². The summed E-state index contributed by atoms with van der Waals surface area (Å²) in [4.78, 5) is 12.6. The average Bonchev–Trinajstić information content (AvgIpc) is 2.78. The summed E-state index contributed by atoms with van der Waals surface area (Å²) in [6, 6.07) is 3.81. The highest BCUT2D eigenvalue weighted by atomic mass is 16.5. The fraction of sp³-hybridized carbons (Fsp3) is 0.429. The molecule has 0 aromatic carbocycles. The van der Waals surface area contributed by atoms with E-state index in [0.717, 1.165) is 24.3 Å². The van der Waals surface area contributed by atoms with Crippen molar-refractivity contribution in [1.82, 2.24) is 20.3 Å². The van der Waals surface area contributed by atoms with Gasteiger partial charge in [0.1, 0.15) is 23.3 Å².